The van der Waals surface area contributed by atoms with Gasteiger partial charge in [0.2, 0.25) is 11.8 Å². The Morgan fingerprint density at radius 2 is 1.65 bits per heavy atom. The van der Waals surface area contributed by atoms with Gasteiger partial charge in [0, 0.05) is 25.2 Å². The summed E-state index contributed by atoms with van der Waals surface area (Å²) in [5.41, 5.74) is 1.53. The van der Waals surface area contributed by atoms with Gasteiger partial charge in [-0.2, -0.15) is 0 Å². The quantitative estimate of drug-likeness (QED) is 0.598. The number of benzene rings is 2. The van der Waals surface area contributed by atoms with Gasteiger partial charge in [-0.25, -0.2) is 9.18 Å². The highest BCUT2D eigenvalue weighted by atomic mass is 19.1. The fraction of sp³-hybridized carbons (Fsp3) is 0.348. The number of anilines is 1. The minimum Gasteiger partial charge on any atom is -0.444 e. The maximum absolute atomic E-state index is 13.0. The Balaban J connectivity index is 1.75. The van der Waals surface area contributed by atoms with E-state index in [2.05, 4.69) is 16.0 Å². The molecule has 0 unspecified atom stereocenters. The number of ether oxygens (including phenoxy) is 1. The standard InChI is InChI=1S/C23H28FN3O4/c1-23(2,3)31-22(30)25-12-11-20(28)26-15-17-5-4-6-19(13-17)27-21(29)14-16-7-9-18(24)10-8-16/h4-10,13H,11-12,14-15H2,1-3H3,(H,25,30)(H,26,28)(H,27,29). The second kappa shape index (κ2) is 11.1. The third-order valence-corrected chi connectivity index (χ3v) is 4.00. The highest BCUT2D eigenvalue weighted by Gasteiger charge is 2.15. The maximum atomic E-state index is 13.0. The summed E-state index contributed by atoms with van der Waals surface area (Å²) < 4.78 is 18.1. The van der Waals surface area contributed by atoms with E-state index < -0.39 is 11.7 Å². The third-order valence-electron chi connectivity index (χ3n) is 4.00. The molecule has 0 spiro atoms. The summed E-state index contributed by atoms with van der Waals surface area (Å²) in [4.78, 5) is 35.7. The summed E-state index contributed by atoms with van der Waals surface area (Å²) in [5.74, 6) is -0.789. The van der Waals surface area contributed by atoms with Gasteiger partial charge >= 0.3 is 6.09 Å². The predicted octanol–water partition coefficient (Wildman–Crippen LogP) is 3.54. The van der Waals surface area contributed by atoms with Crippen LogP contribution in [-0.4, -0.2) is 30.1 Å². The van der Waals surface area contributed by atoms with Crippen LogP contribution in [0.15, 0.2) is 48.5 Å². The molecule has 0 atom stereocenters. The van der Waals surface area contributed by atoms with Crippen molar-refractivity contribution in [3.63, 3.8) is 0 Å². The van der Waals surface area contributed by atoms with Crippen molar-refractivity contribution in [2.75, 3.05) is 11.9 Å². The smallest absolute Gasteiger partial charge is 0.407 e. The van der Waals surface area contributed by atoms with Crippen LogP contribution >= 0.6 is 0 Å². The van der Waals surface area contributed by atoms with Crippen LogP contribution < -0.4 is 16.0 Å². The van der Waals surface area contributed by atoms with Gasteiger partial charge in [0.05, 0.1) is 6.42 Å². The molecule has 2 aromatic carbocycles. The zero-order valence-corrected chi connectivity index (χ0v) is 18.0. The zero-order valence-electron chi connectivity index (χ0n) is 18.0. The van der Waals surface area contributed by atoms with Crippen molar-refractivity contribution in [3.05, 3.63) is 65.5 Å². The lowest BCUT2D eigenvalue weighted by molar-refractivity contribution is -0.121. The van der Waals surface area contributed by atoms with E-state index in [9.17, 15) is 18.8 Å². The molecular weight excluding hydrogens is 401 g/mol. The van der Waals surface area contributed by atoms with Crippen molar-refractivity contribution in [1.82, 2.24) is 10.6 Å². The lowest BCUT2D eigenvalue weighted by atomic mass is 10.1. The van der Waals surface area contributed by atoms with Gasteiger partial charge < -0.3 is 20.7 Å². The average Bonchev–Trinajstić information content (AvgIpc) is 2.67. The van der Waals surface area contributed by atoms with Crippen LogP contribution in [0.25, 0.3) is 0 Å². The van der Waals surface area contributed by atoms with Crippen molar-refractivity contribution in [2.24, 2.45) is 0 Å². The number of amides is 3. The topological polar surface area (TPSA) is 96.5 Å². The zero-order chi connectivity index (χ0) is 22.9. The normalized spacial score (nSPS) is 10.8. The number of halogens is 1. The first-order valence-electron chi connectivity index (χ1n) is 9.97. The van der Waals surface area contributed by atoms with Gasteiger partial charge in [0.25, 0.3) is 0 Å². The number of rotatable bonds is 8. The van der Waals surface area contributed by atoms with Crippen LogP contribution in [0, 0.1) is 5.82 Å². The molecule has 3 amide bonds. The highest BCUT2D eigenvalue weighted by Crippen LogP contribution is 2.12. The Bertz CT molecular complexity index is 908. The molecule has 0 aliphatic heterocycles. The van der Waals surface area contributed by atoms with E-state index in [1.54, 1.807) is 51.1 Å². The lowest BCUT2D eigenvalue weighted by Gasteiger charge is -2.19. The number of hydrogen-bond acceptors (Lipinski definition) is 4. The van der Waals surface area contributed by atoms with Gasteiger partial charge in [-0.3, -0.25) is 9.59 Å². The summed E-state index contributed by atoms with van der Waals surface area (Å²) in [6.07, 6.45) is -0.316. The molecule has 2 rings (SSSR count). The molecule has 2 aromatic rings. The fourth-order valence-electron chi connectivity index (χ4n) is 2.63. The van der Waals surface area contributed by atoms with E-state index in [1.807, 2.05) is 6.07 Å². The van der Waals surface area contributed by atoms with E-state index in [0.717, 1.165) is 5.56 Å². The van der Waals surface area contributed by atoms with Gasteiger partial charge in [0.15, 0.2) is 0 Å². The monoisotopic (exact) mass is 429 g/mol. The number of carbonyl (C=O) groups excluding carboxylic acids is 3. The molecule has 0 heterocycles. The first-order chi connectivity index (χ1) is 14.6. The molecule has 0 saturated carbocycles. The van der Waals surface area contributed by atoms with Gasteiger partial charge in [-0.15, -0.1) is 0 Å². The summed E-state index contributed by atoms with van der Waals surface area (Å²) in [6, 6.07) is 12.9. The predicted molar refractivity (Wildman–Crippen MR) is 116 cm³/mol. The summed E-state index contributed by atoms with van der Waals surface area (Å²) in [5, 5.41) is 8.09. The Kier molecular flexibility index (Phi) is 8.54. The summed E-state index contributed by atoms with van der Waals surface area (Å²) in [6.45, 7) is 5.74. The van der Waals surface area contributed by atoms with Crippen molar-refractivity contribution in [1.29, 1.82) is 0 Å². The SMILES string of the molecule is CC(C)(C)OC(=O)NCCC(=O)NCc1cccc(NC(=O)Cc2ccc(F)cc2)c1. The van der Waals surface area contributed by atoms with Crippen LogP contribution in [0.1, 0.15) is 38.3 Å². The third kappa shape index (κ3) is 9.75. The molecule has 8 heteroatoms. The maximum Gasteiger partial charge on any atom is 0.407 e. The second-order valence-corrected chi connectivity index (χ2v) is 8.01. The Morgan fingerprint density at radius 1 is 0.935 bits per heavy atom. The minimum atomic E-state index is -0.591. The van der Waals surface area contributed by atoms with Crippen LogP contribution in [-0.2, 0) is 27.3 Å². The molecule has 31 heavy (non-hydrogen) atoms. The second-order valence-electron chi connectivity index (χ2n) is 8.01. The highest BCUT2D eigenvalue weighted by molar-refractivity contribution is 5.92. The molecule has 3 N–H and O–H groups in total. The van der Waals surface area contributed by atoms with E-state index in [1.165, 1.54) is 12.1 Å². The van der Waals surface area contributed by atoms with E-state index in [4.69, 9.17) is 4.74 Å². The Labute approximate surface area is 181 Å². The van der Waals surface area contributed by atoms with Gasteiger partial charge in [-0.1, -0.05) is 24.3 Å². The first-order valence-corrected chi connectivity index (χ1v) is 9.97. The molecule has 0 saturated heterocycles. The Morgan fingerprint density at radius 3 is 2.32 bits per heavy atom. The molecule has 0 radical (unpaired) electrons. The Hall–Kier alpha value is -3.42. The van der Waals surface area contributed by atoms with Crippen LogP contribution in [0.3, 0.4) is 0 Å². The van der Waals surface area contributed by atoms with Crippen molar-refractivity contribution >= 4 is 23.6 Å². The van der Waals surface area contributed by atoms with Crippen LogP contribution in [0.5, 0.6) is 0 Å². The summed E-state index contributed by atoms with van der Waals surface area (Å²) in [7, 11) is 0. The van der Waals surface area contributed by atoms with E-state index in [0.29, 0.717) is 11.3 Å². The number of hydrogen-bond donors (Lipinski definition) is 3. The molecule has 0 fully saturated rings. The van der Waals surface area contributed by atoms with Crippen molar-refractivity contribution in [2.45, 2.75) is 45.8 Å². The molecular formula is C23H28FN3O4. The molecule has 0 aliphatic rings. The van der Waals surface area contributed by atoms with E-state index >= 15 is 0 Å². The first kappa shape index (κ1) is 23.9. The van der Waals surface area contributed by atoms with Crippen molar-refractivity contribution in [3.8, 4) is 0 Å². The average molecular weight is 429 g/mol. The number of nitrogens with one attached hydrogen (secondary N) is 3. The molecule has 0 bridgehead atoms. The largest absolute Gasteiger partial charge is 0.444 e. The van der Waals surface area contributed by atoms with E-state index in [-0.39, 0.29) is 43.6 Å². The molecule has 7 nitrogen and oxygen atoms in total. The van der Waals surface area contributed by atoms with Gasteiger partial charge in [-0.05, 0) is 56.2 Å². The molecule has 166 valence electrons. The number of alkyl carbamates (subject to hydrolysis) is 1. The van der Waals surface area contributed by atoms with Crippen molar-refractivity contribution < 1.29 is 23.5 Å². The minimum absolute atomic E-state index is 0.118. The van der Waals surface area contributed by atoms with Gasteiger partial charge in [0.1, 0.15) is 11.4 Å². The molecule has 0 aliphatic carbocycles. The number of carbonyl (C=O) groups is 3. The molecule has 0 aromatic heterocycles. The lowest BCUT2D eigenvalue weighted by Crippen LogP contribution is -2.35. The van der Waals surface area contributed by atoms with Crippen LogP contribution in [0.4, 0.5) is 14.9 Å². The fourth-order valence-corrected chi connectivity index (χ4v) is 2.63. The summed E-state index contributed by atoms with van der Waals surface area (Å²) >= 11 is 0. The van der Waals surface area contributed by atoms with Crippen LogP contribution in [0.2, 0.25) is 0 Å².